The standard InChI is InChI=1S/C11H20O2/c1-3-13-9-11(2,12)10-7-5-4-6-8-10/h7,12H,3-6,8-9H2,1-2H3. The van der Waals surface area contributed by atoms with Crippen LogP contribution in [0.5, 0.6) is 0 Å². The van der Waals surface area contributed by atoms with Crippen LogP contribution in [0.4, 0.5) is 0 Å². The van der Waals surface area contributed by atoms with Crippen LogP contribution in [0.2, 0.25) is 0 Å². The molecule has 0 heterocycles. The zero-order valence-electron chi connectivity index (χ0n) is 8.68. The number of allylic oxidation sites excluding steroid dienone is 1. The zero-order valence-corrected chi connectivity index (χ0v) is 8.68. The van der Waals surface area contributed by atoms with E-state index in [9.17, 15) is 5.11 Å². The van der Waals surface area contributed by atoms with Crippen molar-refractivity contribution in [2.45, 2.75) is 45.1 Å². The van der Waals surface area contributed by atoms with E-state index < -0.39 is 5.60 Å². The van der Waals surface area contributed by atoms with Crippen LogP contribution in [0.25, 0.3) is 0 Å². The van der Waals surface area contributed by atoms with Crippen molar-refractivity contribution in [3.8, 4) is 0 Å². The molecular formula is C11H20O2. The minimum Gasteiger partial charge on any atom is -0.383 e. The Morgan fingerprint density at radius 3 is 2.85 bits per heavy atom. The van der Waals surface area contributed by atoms with Gasteiger partial charge in [-0.2, -0.15) is 0 Å². The molecule has 0 fully saturated rings. The van der Waals surface area contributed by atoms with Gasteiger partial charge in [-0.25, -0.2) is 0 Å². The van der Waals surface area contributed by atoms with E-state index >= 15 is 0 Å². The molecule has 0 aliphatic heterocycles. The number of hydrogen-bond acceptors (Lipinski definition) is 2. The first-order valence-corrected chi connectivity index (χ1v) is 5.16. The highest BCUT2D eigenvalue weighted by molar-refractivity contribution is 5.17. The van der Waals surface area contributed by atoms with Gasteiger partial charge in [-0.15, -0.1) is 0 Å². The van der Waals surface area contributed by atoms with Crippen LogP contribution in [0.1, 0.15) is 39.5 Å². The van der Waals surface area contributed by atoms with E-state index in [1.54, 1.807) is 0 Å². The van der Waals surface area contributed by atoms with Crippen LogP contribution in [0.3, 0.4) is 0 Å². The summed E-state index contributed by atoms with van der Waals surface area (Å²) in [5.41, 5.74) is 0.420. The van der Waals surface area contributed by atoms with Crippen molar-refractivity contribution in [1.29, 1.82) is 0 Å². The second kappa shape index (κ2) is 4.77. The van der Waals surface area contributed by atoms with Gasteiger partial charge < -0.3 is 9.84 Å². The molecule has 0 amide bonds. The Bertz CT molecular complexity index is 183. The molecule has 0 radical (unpaired) electrons. The minimum atomic E-state index is -0.740. The summed E-state index contributed by atoms with van der Waals surface area (Å²) in [4.78, 5) is 0. The average molecular weight is 184 g/mol. The Morgan fingerprint density at radius 2 is 2.31 bits per heavy atom. The fourth-order valence-electron chi connectivity index (χ4n) is 1.72. The molecular weight excluding hydrogens is 164 g/mol. The first kappa shape index (κ1) is 10.7. The van der Waals surface area contributed by atoms with Crippen LogP contribution >= 0.6 is 0 Å². The van der Waals surface area contributed by atoms with Crippen molar-refractivity contribution in [3.63, 3.8) is 0 Å². The number of hydrogen-bond donors (Lipinski definition) is 1. The first-order chi connectivity index (χ1) is 6.17. The fraction of sp³-hybridized carbons (Fsp3) is 0.818. The monoisotopic (exact) mass is 184 g/mol. The summed E-state index contributed by atoms with van der Waals surface area (Å²) in [6.45, 7) is 4.89. The summed E-state index contributed by atoms with van der Waals surface area (Å²) in [6, 6.07) is 0. The summed E-state index contributed by atoms with van der Waals surface area (Å²) >= 11 is 0. The van der Waals surface area contributed by atoms with Crippen molar-refractivity contribution < 1.29 is 9.84 Å². The Hall–Kier alpha value is -0.340. The lowest BCUT2D eigenvalue weighted by Gasteiger charge is -2.28. The van der Waals surface area contributed by atoms with Gasteiger partial charge in [0.05, 0.1) is 6.61 Å². The Morgan fingerprint density at radius 1 is 1.54 bits per heavy atom. The van der Waals surface area contributed by atoms with Crippen molar-refractivity contribution in [2.24, 2.45) is 0 Å². The largest absolute Gasteiger partial charge is 0.383 e. The molecule has 1 aliphatic carbocycles. The second-order valence-corrected chi connectivity index (χ2v) is 3.89. The topological polar surface area (TPSA) is 29.5 Å². The molecule has 0 aromatic rings. The summed E-state index contributed by atoms with van der Waals surface area (Å²) in [7, 11) is 0. The van der Waals surface area contributed by atoms with Gasteiger partial charge in [0.25, 0.3) is 0 Å². The maximum absolute atomic E-state index is 10.1. The van der Waals surface area contributed by atoms with Crippen LogP contribution < -0.4 is 0 Å². The van der Waals surface area contributed by atoms with Crippen LogP contribution in [0.15, 0.2) is 11.6 Å². The molecule has 1 N–H and O–H groups in total. The predicted octanol–water partition coefficient (Wildman–Crippen LogP) is 2.27. The Balaban J connectivity index is 2.51. The van der Waals surface area contributed by atoms with Crippen molar-refractivity contribution >= 4 is 0 Å². The number of rotatable bonds is 4. The molecule has 0 aromatic heterocycles. The van der Waals surface area contributed by atoms with E-state index in [1.165, 1.54) is 12.8 Å². The highest BCUT2D eigenvalue weighted by Gasteiger charge is 2.26. The molecule has 0 saturated heterocycles. The van der Waals surface area contributed by atoms with Crippen molar-refractivity contribution in [3.05, 3.63) is 11.6 Å². The maximum Gasteiger partial charge on any atom is 0.106 e. The first-order valence-electron chi connectivity index (χ1n) is 5.16. The Kier molecular flexibility index (Phi) is 3.94. The lowest BCUT2D eigenvalue weighted by atomic mass is 9.87. The molecule has 2 nitrogen and oxygen atoms in total. The van der Waals surface area contributed by atoms with E-state index in [0.717, 1.165) is 18.4 Å². The lowest BCUT2D eigenvalue weighted by molar-refractivity contribution is -0.00762. The van der Waals surface area contributed by atoms with E-state index in [4.69, 9.17) is 4.74 Å². The maximum atomic E-state index is 10.1. The molecule has 76 valence electrons. The minimum absolute atomic E-state index is 0.426. The number of ether oxygens (including phenoxy) is 1. The SMILES string of the molecule is CCOCC(C)(O)C1=CCCCC1. The summed E-state index contributed by atoms with van der Waals surface area (Å²) < 4.78 is 5.26. The molecule has 1 aliphatic rings. The van der Waals surface area contributed by atoms with Crippen LogP contribution in [-0.2, 0) is 4.74 Å². The van der Waals surface area contributed by atoms with Gasteiger partial charge in [0.15, 0.2) is 0 Å². The third-order valence-corrected chi connectivity index (χ3v) is 2.57. The van der Waals surface area contributed by atoms with E-state index in [1.807, 2.05) is 13.8 Å². The van der Waals surface area contributed by atoms with Crippen LogP contribution in [0, 0.1) is 0 Å². The normalized spacial score (nSPS) is 22.2. The predicted molar refractivity (Wildman–Crippen MR) is 53.7 cm³/mol. The molecule has 1 rings (SSSR count). The summed E-state index contributed by atoms with van der Waals surface area (Å²) in [5, 5.41) is 10.1. The average Bonchev–Trinajstić information content (AvgIpc) is 2.16. The van der Waals surface area contributed by atoms with Gasteiger partial charge in [0.2, 0.25) is 0 Å². The molecule has 2 heteroatoms. The molecule has 1 unspecified atom stereocenters. The van der Waals surface area contributed by atoms with Gasteiger partial charge in [-0.05, 0) is 45.1 Å². The van der Waals surface area contributed by atoms with E-state index in [2.05, 4.69) is 6.08 Å². The van der Waals surface area contributed by atoms with Crippen LogP contribution in [-0.4, -0.2) is 23.9 Å². The van der Waals surface area contributed by atoms with E-state index in [0.29, 0.717) is 13.2 Å². The van der Waals surface area contributed by atoms with Crippen molar-refractivity contribution in [2.75, 3.05) is 13.2 Å². The summed E-state index contributed by atoms with van der Waals surface area (Å²) in [6.07, 6.45) is 6.77. The van der Waals surface area contributed by atoms with Crippen molar-refractivity contribution in [1.82, 2.24) is 0 Å². The van der Waals surface area contributed by atoms with Gasteiger partial charge in [-0.3, -0.25) is 0 Å². The van der Waals surface area contributed by atoms with Gasteiger partial charge in [0, 0.05) is 6.61 Å². The lowest BCUT2D eigenvalue weighted by Crippen LogP contribution is -2.33. The highest BCUT2D eigenvalue weighted by Crippen LogP contribution is 2.27. The van der Waals surface area contributed by atoms with Gasteiger partial charge in [0.1, 0.15) is 5.60 Å². The third-order valence-electron chi connectivity index (χ3n) is 2.57. The second-order valence-electron chi connectivity index (χ2n) is 3.89. The quantitative estimate of drug-likeness (QED) is 0.679. The smallest absolute Gasteiger partial charge is 0.106 e. The molecule has 0 spiro atoms. The molecule has 0 saturated carbocycles. The number of aliphatic hydroxyl groups is 1. The molecule has 0 bridgehead atoms. The van der Waals surface area contributed by atoms with E-state index in [-0.39, 0.29) is 0 Å². The zero-order chi connectivity index (χ0) is 9.73. The fourth-order valence-corrected chi connectivity index (χ4v) is 1.72. The van der Waals surface area contributed by atoms with Gasteiger partial charge in [-0.1, -0.05) is 6.08 Å². The Labute approximate surface area is 80.6 Å². The third kappa shape index (κ3) is 3.12. The summed E-state index contributed by atoms with van der Waals surface area (Å²) in [5.74, 6) is 0. The highest BCUT2D eigenvalue weighted by atomic mass is 16.5. The molecule has 0 aromatic carbocycles. The molecule has 13 heavy (non-hydrogen) atoms. The molecule has 1 atom stereocenters. The van der Waals surface area contributed by atoms with Gasteiger partial charge >= 0.3 is 0 Å².